The zero-order chi connectivity index (χ0) is 67.5. The minimum absolute atomic E-state index is 0.00794. The number of esters is 1. The molecule has 1 aromatic heterocycles. The normalized spacial score (nSPS) is 19.4. The van der Waals surface area contributed by atoms with Crippen LogP contribution in [0, 0.1) is 16.0 Å². The van der Waals surface area contributed by atoms with E-state index in [-0.39, 0.29) is 101 Å². The molecule has 2 aliphatic carbocycles. The Labute approximate surface area is 535 Å². The molecule has 29 nitrogen and oxygen atoms in total. The van der Waals surface area contributed by atoms with Crippen molar-refractivity contribution >= 4 is 67.4 Å². The van der Waals surface area contributed by atoms with Gasteiger partial charge in [0.25, 0.3) is 21.7 Å². The SMILES string of the molecule is COc1cc(C(C)OC(=O)CC2C[C@H](OC3C[C@](O)(C(=O)CO)Cc4c(O)c5c(c(O)c43)C(=O)c3c(OC)cccc3C5=O)O[C@@H](C)[C@H]2O)c([N+](=O)[O-])cc1OCCCC(=O)NCc1cn(-c2ccc(C(=O)NCCNc3cccc4c(S(=O)(=O)O)cccc34)cc2)nn1. The summed E-state index contributed by atoms with van der Waals surface area (Å²) in [5.74, 6) is -7.10. The number of amides is 2. The average molecular weight is 1320 g/mol. The summed E-state index contributed by atoms with van der Waals surface area (Å²) in [6.07, 6.45) is -7.05. The summed E-state index contributed by atoms with van der Waals surface area (Å²) in [4.78, 5) is 92.3. The molecule has 7 aromatic rings. The molecule has 2 amide bonds. The molecule has 0 bridgehead atoms. The number of ketones is 3. The number of nitrogens with one attached hydrogen (secondary N) is 3. The molecule has 1 fully saturated rings. The van der Waals surface area contributed by atoms with Crippen molar-refractivity contribution in [3.05, 3.63) is 158 Å². The second-order valence-electron chi connectivity index (χ2n) is 22.7. The summed E-state index contributed by atoms with van der Waals surface area (Å²) < 4.78 is 69.5. The van der Waals surface area contributed by atoms with Gasteiger partial charge in [0, 0.05) is 83.4 Å². The number of fused-ring (bicyclic) bond motifs is 4. The number of benzene rings is 6. The third-order valence-electron chi connectivity index (χ3n) is 16.7. The van der Waals surface area contributed by atoms with Gasteiger partial charge in [0.1, 0.15) is 46.1 Å². The molecule has 0 saturated carbocycles. The number of nitro groups is 1. The molecule has 7 atom stereocenters. The molecular formula is C64H65N7O22S. The van der Waals surface area contributed by atoms with Gasteiger partial charge in [-0.25, -0.2) is 4.68 Å². The lowest BCUT2D eigenvalue weighted by molar-refractivity contribution is -0.386. The highest BCUT2D eigenvalue weighted by atomic mass is 32.2. The van der Waals surface area contributed by atoms with Crippen molar-refractivity contribution in [1.82, 2.24) is 25.6 Å². The van der Waals surface area contributed by atoms with Gasteiger partial charge in [0.15, 0.2) is 29.4 Å². The summed E-state index contributed by atoms with van der Waals surface area (Å²) in [5.41, 5.74) is -3.15. The summed E-state index contributed by atoms with van der Waals surface area (Å²) >= 11 is 0. The van der Waals surface area contributed by atoms with E-state index in [1.54, 1.807) is 54.7 Å². The Morgan fingerprint density at radius 3 is 2.32 bits per heavy atom. The van der Waals surface area contributed by atoms with Crippen molar-refractivity contribution in [3.8, 4) is 34.4 Å². The molecule has 94 heavy (non-hydrogen) atoms. The van der Waals surface area contributed by atoms with Crippen LogP contribution in [0.15, 0.2) is 102 Å². The maximum Gasteiger partial charge on any atom is 0.306 e. The molecular weight excluding hydrogens is 1250 g/mol. The monoisotopic (exact) mass is 1320 g/mol. The Kier molecular flexibility index (Phi) is 19.7. The molecule has 3 unspecified atom stereocenters. The van der Waals surface area contributed by atoms with E-state index < -0.39 is 135 Å². The van der Waals surface area contributed by atoms with Gasteiger partial charge in [0.2, 0.25) is 11.7 Å². The van der Waals surface area contributed by atoms with Gasteiger partial charge < -0.3 is 69.9 Å². The molecule has 0 radical (unpaired) electrons. The van der Waals surface area contributed by atoms with Gasteiger partial charge in [0.05, 0.1) is 97.2 Å². The number of carbonyl (C=O) groups excluding carboxylic acids is 6. The summed E-state index contributed by atoms with van der Waals surface area (Å²) in [6.45, 7) is 2.17. The molecule has 1 saturated heterocycles. The second kappa shape index (κ2) is 27.7. The minimum Gasteiger partial charge on any atom is -0.507 e. The van der Waals surface area contributed by atoms with Crippen molar-refractivity contribution in [2.45, 2.75) is 100 Å². The molecule has 494 valence electrons. The van der Waals surface area contributed by atoms with Crippen molar-refractivity contribution < 1.29 is 101 Å². The van der Waals surface area contributed by atoms with Crippen LogP contribution in [-0.4, -0.2) is 158 Å². The Morgan fingerprint density at radius 1 is 0.894 bits per heavy atom. The first-order valence-electron chi connectivity index (χ1n) is 29.5. The van der Waals surface area contributed by atoms with Crippen LogP contribution in [-0.2, 0) is 51.7 Å². The van der Waals surface area contributed by atoms with Crippen LogP contribution in [0.5, 0.6) is 28.7 Å². The Morgan fingerprint density at radius 2 is 1.61 bits per heavy atom. The van der Waals surface area contributed by atoms with Gasteiger partial charge in [-0.05, 0) is 68.8 Å². The van der Waals surface area contributed by atoms with E-state index in [2.05, 4.69) is 26.3 Å². The van der Waals surface area contributed by atoms with Crippen LogP contribution in [0.3, 0.4) is 0 Å². The average Bonchev–Trinajstić information content (AvgIpc) is 0.786. The number of ether oxygens (including phenoxy) is 6. The van der Waals surface area contributed by atoms with Crippen molar-refractivity contribution in [3.63, 3.8) is 0 Å². The van der Waals surface area contributed by atoms with Gasteiger partial charge in [-0.1, -0.05) is 41.6 Å². The minimum atomic E-state index is -4.44. The molecule has 6 aromatic carbocycles. The number of aliphatic hydroxyl groups excluding tert-OH is 2. The number of aromatic hydroxyl groups is 2. The Hall–Kier alpha value is -9.95. The predicted molar refractivity (Wildman–Crippen MR) is 329 cm³/mol. The number of aromatic nitrogens is 3. The molecule has 1 aliphatic heterocycles. The molecule has 9 N–H and O–H groups in total. The van der Waals surface area contributed by atoms with Crippen molar-refractivity contribution in [2.75, 3.05) is 45.8 Å². The lowest BCUT2D eigenvalue weighted by Gasteiger charge is -2.42. The van der Waals surface area contributed by atoms with Gasteiger partial charge in [-0.2, -0.15) is 8.42 Å². The number of phenols is 2. The number of anilines is 1. The molecule has 10 rings (SSSR count). The number of hydrogen-bond donors (Lipinski definition) is 9. The highest BCUT2D eigenvalue weighted by molar-refractivity contribution is 7.86. The van der Waals surface area contributed by atoms with E-state index >= 15 is 0 Å². The van der Waals surface area contributed by atoms with E-state index in [9.17, 15) is 77.4 Å². The zero-order valence-electron chi connectivity index (χ0n) is 50.9. The Bertz CT molecular complexity index is 4270. The predicted octanol–water partition coefficient (Wildman–Crippen LogP) is 5.20. The number of Topliss-reactive ketones (excluding diaryl/α,β-unsaturated/α-hetero) is 1. The third kappa shape index (κ3) is 13.7. The van der Waals surface area contributed by atoms with E-state index in [1.807, 2.05) is 0 Å². The number of carbonyl (C=O) groups is 6. The van der Waals surface area contributed by atoms with Crippen LogP contribution in [0.1, 0.15) is 123 Å². The quantitative estimate of drug-likeness (QED) is 0.00886. The number of rotatable bonds is 25. The highest BCUT2D eigenvalue weighted by Gasteiger charge is 2.51. The van der Waals surface area contributed by atoms with Gasteiger partial charge >= 0.3 is 5.97 Å². The highest BCUT2D eigenvalue weighted by Crippen LogP contribution is 2.53. The number of nitro benzene ring substituents is 1. The largest absolute Gasteiger partial charge is 0.507 e. The summed E-state index contributed by atoms with van der Waals surface area (Å²) in [7, 11) is -1.87. The van der Waals surface area contributed by atoms with Crippen LogP contribution >= 0.6 is 0 Å². The van der Waals surface area contributed by atoms with Crippen LogP contribution < -0.4 is 30.2 Å². The van der Waals surface area contributed by atoms with E-state index in [0.29, 0.717) is 39.9 Å². The first-order valence-corrected chi connectivity index (χ1v) is 31.0. The molecule has 30 heteroatoms. The molecule has 3 aliphatic rings. The molecule has 0 spiro atoms. The van der Waals surface area contributed by atoms with Gasteiger partial charge in [-0.15, -0.1) is 5.10 Å². The standard InChI is InChI=1S/C64H65N7O22S/c1-32(91-52(75)23-35-24-53(92-33(2)58(35)76)93-48-28-64(82,50(73)31-72)27-42-55(48)62(80)57-56(60(42)78)59(77)40-11-6-13-45(88-3)54(40)61(57)79)41-25-46(89-4)47(26-44(41)71(83)84)90-22-8-15-51(74)67-29-36-30-70(69-68-36)37-18-16-34(17-19-37)63(81)66-21-20-65-43-12-5-10-39-38(43)9-7-14-49(39)94(85,86)87/h5-7,9-14,16-19,25-26,30,32-33,35,48,53,58,65,72,76,78,80,82H,8,15,20-24,27-29,31H2,1-4H3,(H,66,81)(H,67,74)(H,85,86,87)/t32?,33-,35?,48?,53-,58+,64-/m0/s1. The zero-order valence-corrected chi connectivity index (χ0v) is 51.7. The first kappa shape index (κ1) is 67.0. The van der Waals surface area contributed by atoms with E-state index in [1.165, 1.54) is 69.1 Å². The van der Waals surface area contributed by atoms with Gasteiger partial charge in [-0.3, -0.25) is 43.4 Å². The molecule has 2 heterocycles. The maximum atomic E-state index is 14.1. The smallest absolute Gasteiger partial charge is 0.306 e. The van der Waals surface area contributed by atoms with E-state index in [4.69, 9.17) is 28.4 Å². The lowest BCUT2D eigenvalue weighted by atomic mass is 9.72. The first-order chi connectivity index (χ1) is 44.8. The fourth-order valence-electron chi connectivity index (χ4n) is 12.0. The third-order valence-corrected chi connectivity index (χ3v) is 17.6. The van der Waals surface area contributed by atoms with Crippen LogP contribution in [0.4, 0.5) is 11.4 Å². The van der Waals surface area contributed by atoms with E-state index in [0.717, 1.165) is 6.07 Å². The van der Waals surface area contributed by atoms with Crippen molar-refractivity contribution in [1.29, 1.82) is 0 Å². The number of phenolic OH excluding ortho intramolecular Hbond substituents is 2. The number of aliphatic hydroxyl groups is 3. The number of nitrogens with zero attached hydrogens (tertiary/aromatic N) is 4. The van der Waals surface area contributed by atoms with Crippen molar-refractivity contribution in [2.24, 2.45) is 5.92 Å². The topological polar surface area (TPSA) is 423 Å². The lowest BCUT2D eigenvalue weighted by Crippen LogP contribution is -2.49. The summed E-state index contributed by atoms with van der Waals surface area (Å²) in [6, 6.07) is 22.7. The summed E-state index contributed by atoms with van der Waals surface area (Å²) in [5, 5.41) is 87.0. The van der Waals surface area contributed by atoms with Crippen LogP contribution in [0.2, 0.25) is 0 Å². The second-order valence-corrected chi connectivity index (χ2v) is 24.0. The fraction of sp³-hybridized carbons (Fsp3) is 0.344. The van der Waals surface area contributed by atoms with Crippen LogP contribution in [0.25, 0.3) is 16.5 Å². The number of methoxy groups -OCH3 is 2. The maximum absolute atomic E-state index is 14.1. The Balaban J connectivity index is 0.706. The fourth-order valence-corrected chi connectivity index (χ4v) is 12.7. The number of hydrogen-bond acceptors (Lipinski definition) is 24.